The number of urea groups is 1. The topological polar surface area (TPSA) is 78.4 Å². The number of hydrogen-bond donors (Lipinski definition) is 3. The van der Waals surface area contributed by atoms with Crippen molar-refractivity contribution in [2.24, 2.45) is 5.92 Å². The zero-order chi connectivity index (χ0) is 15.4. The fourth-order valence-corrected chi connectivity index (χ4v) is 2.92. The van der Waals surface area contributed by atoms with E-state index in [0.29, 0.717) is 16.5 Å². The molecule has 2 unspecified atom stereocenters. The number of carboxylic acids is 1. The number of hydrogen-bond acceptors (Lipinski definition) is 2. The molecule has 2 rings (SSSR count). The monoisotopic (exact) mass is 310 g/mol. The van der Waals surface area contributed by atoms with Crippen LogP contribution in [-0.2, 0) is 4.79 Å². The molecule has 1 aromatic carbocycles. The molecule has 1 saturated carbocycles. The molecular formula is C15H19ClN2O3. The number of aliphatic carboxylic acids is 1. The van der Waals surface area contributed by atoms with Crippen LogP contribution in [0, 0.1) is 5.92 Å². The molecule has 0 aromatic heterocycles. The van der Waals surface area contributed by atoms with Crippen molar-refractivity contribution in [3.05, 3.63) is 34.9 Å². The molecule has 1 aliphatic carbocycles. The van der Waals surface area contributed by atoms with E-state index in [-0.39, 0.29) is 6.04 Å². The summed E-state index contributed by atoms with van der Waals surface area (Å²) in [5, 5.41) is 14.9. The normalized spacial score (nSPS) is 22.6. The van der Waals surface area contributed by atoms with Crippen molar-refractivity contribution in [1.29, 1.82) is 0 Å². The van der Waals surface area contributed by atoms with E-state index >= 15 is 0 Å². The van der Waals surface area contributed by atoms with E-state index in [1.54, 1.807) is 24.3 Å². The molecule has 1 aromatic rings. The van der Waals surface area contributed by atoms with Crippen LogP contribution in [0.25, 0.3) is 0 Å². The van der Waals surface area contributed by atoms with Gasteiger partial charge in [0.1, 0.15) is 0 Å². The van der Waals surface area contributed by atoms with Crippen LogP contribution < -0.4 is 10.6 Å². The third-order valence-electron chi connectivity index (χ3n) is 3.77. The zero-order valence-corrected chi connectivity index (χ0v) is 12.6. The van der Waals surface area contributed by atoms with Crippen LogP contribution in [0.2, 0.25) is 5.02 Å². The highest BCUT2D eigenvalue weighted by atomic mass is 35.5. The smallest absolute Gasteiger partial charge is 0.331 e. The van der Waals surface area contributed by atoms with Crippen LogP contribution in [0.3, 0.4) is 0 Å². The van der Waals surface area contributed by atoms with Gasteiger partial charge in [-0.15, -0.1) is 0 Å². The summed E-state index contributed by atoms with van der Waals surface area (Å²) < 4.78 is 0. The first-order valence-electron chi connectivity index (χ1n) is 7.01. The number of benzene rings is 1. The second-order valence-corrected chi connectivity index (χ2v) is 5.93. The minimum Gasteiger partial charge on any atom is -0.479 e. The third-order valence-corrected chi connectivity index (χ3v) is 4.11. The number of amides is 2. The van der Waals surface area contributed by atoms with Gasteiger partial charge in [-0.1, -0.05) is 36.7 Å². The molecule has 21 heavy (non-hydrogen) atoms. The summed E-state index contributed by atoms with van der Waals surface area (Å²) in [6, 6.07) is 5.09. The summed E-state index contributed by atoms with van der Waals surface area (Å²) in [6.45, 7) is 2.14. The van der Waals surface area contributed by atoms with Crippen LogP contribution in [0.15, 0.2) is 24.3 Å². The molecule has 114 valence electrons. The summed E-state index contributed by atoms with van der Waals surface area (Å²) in [6.07, 6.45) is 2.94. The number of rotatable bonds is 4. The lowest BCUT2D eigenvalue weighted by Gasteiger charge is -2.19. The predicted molar refractivity (Wildman–Crippen MR) is 80.3 cm³/mol. The Balaban J connectivity index is 2.02. The summed E-state index contributed by atoms with van der Waals surface area (Å²) >= 11 is 6.00. The van der Waals surface area contributed by atoms with Crippen LogP contribution in [-0.4, -0.2) is 23.1 Å². The Labute approximate surface area is 128 Å². The van der Waals surface area contributed by atoms with Gasteiger partial charge < -0.3 is 15.7 Å². The quantitative estimate of drug-likeness (QED) is 0.800. The van der Waals surface area contributed by atoms with Gasteiger partial charge >= 0.3 is 12.0 Å². The Bertz CT molecular complexity index is 535. The van der Waals surface area contributed by atoms with E-state index in [9.17, 15) is 14.7 Å². The molecule has 6 heteroatoms. The standard InChI is InChI=1S/C15H19ClN2O3/c1-9-6-7-10(8-9)17-15(21)18-13(14(19)20)11-4-2-3-5-12(11)16/h2-5,9-10,13H,6-8H2,1H3,(H,19,20)(H2,17,18,21)/t9?,10?,13-/m1/s1. The van der Waals surface area contributed by atoms with Crippen molar-refractivity contribution in [3.8, 4) is 0 Å². The van der Waals surface area contributed by atoms with Gasteiger partial charge in [-0.3, -0.25) is 0 Å². The van der Waals surface area contributed by atoms with Crippen molar-refractivity contribution >= 4 is 23.6 Å². The minimum atomic E-state index is -1.16. The first kappa shape index (κ1) is 15.6. The Morgan fingerprint density at radius 3 is 2.62 bits per heavy atom. The zero-order valence-electron chi connectivity index (χ0n) is 11.8. The van der Waals surface area contributed by atoms with E-state index in [4.69, 9.17) is 11.6 Å². The average molecular weight is 311 g/mol. The van der Waals surface area contributed by atoms with Gasteiger partial charge in [0.15, 0.2) is 6.04 Å². The molecule has 2 amide bonds. The first-order chi connectivity index (χ1) is 9.97. The number of nitrogens with one attached hydrogen (secondary N) is 2. The fraction of sp³-hybridized carbons (Fsp3) is 0.467. The molecule has 5 nitrogen and oxygen atoms in total. The van der Waals surface area contributed by atoms with E-state index in [1.165, 1.54) is 0 Å². The SMILES string of the molecule is CC1CCC(NC(=O)N[C@@H](C(=O)O)c2ccccc2Cl)C1. The molecule has 0 heterocycles. The minimum absolute atomic E-state index is 0.112. The van der Waals surface area contributed by atoms with E-state index < -0.39 is 18.0 Å². The molecule has 0 radical (unpaired) electrons. The maximum absolute atomic E-state index is 12.0. The Morgan fingerprint density at radius 2 is 2.05 bits per heavy atom. The maximum atomic E-state index is 12.0. The molecule has 1 fully saturated rings. The molecule has 0 aliphatic heterocycles. The van der Waals surface area contributed by atoms with Gasteiger partial charge in [-0.25, -0.2) is 9.59 Å². The second-order valence-electron chi connectivity index (χ2n) is 5.53. The number of carboxylic acid groups (broad SMARTS) is 1. The Kier molecular flexibility index (Phi) is 5.07. The molecular weight excluding hydrogens is 292 g/mol. The van der Waals surface area contributed by atoms with Crippen LogP contribution in [0.1, 0.15) is 37.8 Å². The van der Waals surface area contributed by atoms with Crippen molar-refractivity contribution in [2.45, 2.75) is 38.3 Å². The lowest BCUT2D eigenvalue weighted by atomic mass is 10.1. The van der Waals surface area contributed by atoms with Gasteiger partial charge in [-0.05, 0) is 31.2 Å². The van der Waals surface area contributed by atoms with Crippen molar-refractivity contribution in [2.75, 3.05) is 0 Å². The van der Waals surface area contributed by atoms with E-state index in [0.717, 1.165) is 19.3 Å². The van der Waals surface area contributed by atoms with Gasteiger partial charge in [0.05, 0.1) is 0 Å². The highest BCUT2D eigenvalue weighted by molar-refractivity contribution is 6.31. The van der Waals surface area contributed by atoms with Crippen LogP contribution >= 0.6 is 11.6 Å². The molecule has 1 aliphatic rings. The van der Waals surface area contributed by atoms with E-state index in [1.807, 2.05) is 0 Å². The third kappa shape index (κ3) is 4.11. The number of carbonyl (C=O) groups excluding carboxylic acids is 1. The lowest BCUT2D eigenvalue weighted by Crippen LogP contribution is -2.44. The summed E-state index contributed by atoms with van der Waals surface area (Å²) in [5.74, 6) is -0.549. The Hall–Kier alpha value is -1.75. The number of halogens is 1. The predicted octanol–water partition coefficient (Wildman–Crippen LogP) is 2.95. The van der Waals surface area contributed by atoms with Crippen LogP contribution in [0.4, 0.5) is 4.79 Å². The maximum Gasteiger partial charge on any atom is 0.331 e. The van der Waals surface area contributed by atoms with Gasteiger partial charge in [0.25, 0.3) is 0 Å². The van der Waals surface area contributed by atoms with E-state index in [2.05, 4.69) is 17.6 Å². The molecule has 0 saturated heterocycles. The summed E-state index contributed by atoms with van der Waals surface area (Å²) in [5.41, 5.74) is 0.376. The van der Waals surface area contributed by atoms with Crippen molar-refractivity contribution < 1.29 is 14.7 Å². The van der Waals surface area contributed by atoms with Gasteiger partial charge in [-0.2, -0.15) is 0 Å². The van der Waals surface area contributed by atoms with Crippen molar-refractivity contribution in [3.63, 3.8) is 0 Å². The lowest BCUT2D eigenvalue weighted by molar-refractivity contribution is -0.139. The highest BCUT2D eigenvalue weighted by Gasteiger charge is 2.27. The molecule has 0 bridgehead atoms. The number of carbonyl (C=O) groups is 2. The molecule has 3 N–H and O–H groups in total. The Morgan fingerprint density at radius 1 is 1.33 bits per heavy atom. The average Bonchev–Trinajstić information content (AvgIpc) is 2.82. The molecule has 3 atom stereocenters. The summed E-state index contributed by atoms with van der Waals surface area (Å²) in [4.78, 5) is 23.4. The highest BCUT2D eigenvalue weighted by Crippen LogP contribution is 2.25. The largest absolute Gasteiger partial charge is 0.479 e. The molecule has 0 spiro atoms. The summed E-state index contributed by atoms with van der Waals surface area (Å²) in [7, 11) is 0. The van der Waals surface area contributed by atoms with Crippen molar-refractivity contribution in [1.82, 2.24) is 10.6 Å². The second kappa shape index (κ2) is 6.80. The van der Waals surface area contributed by atoms with Gasteiger partial charge in [0.2, 0.25) is 0 Å². The first-order valence-corrected chi connectivity index (χ1v) is 7.39. The van der Waals surface area contributed by atoms with Gasteiger partial charge in [0, 0.05) is 16.6 Å². The van der Waals surface area contributed by atoms with Crippen LogP contribution in [0.5, 0.6) is 0 Å². The fourth-order valence-electron chi connectivity index (χ4n) is 2.68.